The van der Waals surface area contributed by atoms with E-state index in [0.717, 1.165) is 4.31 Å². The summed E-state index contributed by atoms with van der Waals surface area (Å²) >= 11 is 3.34. The first-order valence-corrected chi connectivity index (χ1v) is 12.0. The maximum atomic E-state index is 13.3. The zero-order valence-corrected chi connectivity index (χ0v) is 19.6. The largest absolute Gasteiger partial charge is 0.462 e. The predicted octanol–water partition coefficient (Wildman–Crippen LogP) is 4.46. The highest BCUT2D eigenvalue weighted by atomic mass is 79.9. The predicted molar refractivity (Wildman–Crippen MR) is 126 cm³/mol. The first kappa shape index (κ1) is 23.5. The van der Waals surface area contributed by atoms with Crippen molar-refractivity contribution in [2.24, 2.45) is 0 Å². The van der Waals surface area contributed by atoms with E-state index in [1.54, 1.807) is 67.6 Å². The van der Waals surface area contributed by atoms with Crippen molar-refractivity contribution < 1.29 is 22.7 Å². The summed E-state index contributed by atoms with van der Waals surface area (Å²) in [6, 6.07) is 20.9. The van der Waals surface area contributed by atoms with Gasteiger partial charge in [-0.2, -0.15) is 0 Å². The van der Waals surface area contributed by atoms with Gasteiger partial charge in [-0.15, -0.1) is 0 Å². The van der Waals surface area contributed by atoms with Gasteiger partial charge in [0.1, 0.15) is 6.54 Å². The van der Waals surface area contributed by atoms with E-state index in [4.69, 9.17) is 4.74 Å². The van der Waals surface area contributed by atoms with Crippen LogP contribution in [0.15, 0.2) is 88.2 Å². The third-order valence-corrected chi connectivity index (χ3v) is 6.69. The van der Waals surface area contributed by atoms with Gasteiger partial charge in [0.15, 0.2) is 0 Å². The molecule has 0 atom stereocenters. The number of nitrogens with zero attached hydrogens (tertiary/aromatic N) is 1. The highest BCUT2D eigenvalue weighted by Crippen LogP contribution is 2.26. The number of ether oxygens (including phenoxy) is 1. The standard InChI is InChI=1S/C23H21BrN2O5S/c1-2-31-23(28)20-13-6-7-14-21(20)25-22(27)16-26(18-10-8-9-17(24)15-18)32(29,30)19-11-4-3-5-12-19/h3-15H,2,16H2,1H3,(H,25,27). The number of anilines is 2. The van der Waals surface area contributed by atoms with Crippen molar-refractivity contribution in [3.05, 3.63) is 88.9 Å². The SMILES string of the molecule is CCOC(=O)c1ccccc1NC(=O)CN(c1cccc(Br)c1)S(=O)(=O)c1ccccc1. The zero-order chi connectivity index (χ0) is 23.1. The number of nitrogens with one attached hydrogen (secondary N) is 1. The van der Waals surface area contributed by atoms with Gasteiger partial charge in [-0.25, -0.2) is 13.2 Å². The number of sulfonamides is 1. The van der Waals surface area contributed by atoms with E-state index in [1.165, 1.54) is 18.2 Å². The van der Waals surface area contributed by atoms with Crippen molar-refractivity contribution in [3.8, 4) is 0 Å². The van der Waals surface area contributed by atoms with Crippen molar-refractivity contribution in [2.45, 2.75) is 11.8 Å². The molecule has 0 radical (unpaired) electrons. The minimum Gasteiger partial charge on any atom is -0.462 e. The molecule has 0 fully saturated rings. The second-order valence-corrected chi connectivity index (χ2v) is 9.40. The van der Waals surface area contributed by atoms with Crippen LogP contribution in [0.25, 0.3) is 0 Å². The fourth-order valence-electron chi connectivity index (χ4n) is 2.97. The molecule has 0 aliphatic carbocycles. The maximum absolute atomic E-state index is 13.3. The normalized spacial score (nSPS) is 10.9. The molecule has 0 aliphatic heterocycles. The van der Waals surface area contributed by atoms with Crippen LogP contribution in [-0.2, 0) is 19.6 Å². The first-order chi connectivity index (χ1) is 15.3. The molecule has 0 aliphatic rings. The number of carbonyl (C=O) groups is 2. The summed E-state index contributed by atoms with van der Waals surface area (Å²) in [5.41, 5.74) is 0.738. The topological polar surface area (TPSA) is 92.8 Å². The number of esters is 1. The summed E-state index contributed by atoms with van der Waals surface area (Å²) in [4.78, 5) is 25.2. The second kappa shape index (κ2) is 10.4. The van der Waals surface area contributed by atoms with E-state index >= 15 is 0 Å². The molecular formula is C23H21BrN2O5S. The highest BCUT2D eigenvalue weighted by molar-refractivity contribution is 9.10. The van der Waals surface area contributed by atoms with Crippen molar-refractivity contribution in [2.75, 3.05) is 22.8 Å². The van der Waals surface area contributed by atoms with Gasteiger partial charge < -0.3 is 10.1 Å². The van der Waals surface area contributed by atoms with Crippen LogP contribution in [0.4, 0.5) is 11.4 Å². The van der Waals surface area contributed by atoms with E-state index < -0.39 is 28.4 Å². The Hall–Kier alpha value is -3.17. The number of para-hydroxylation sites is 1. The molecule has 0 saturated heterocycles. The number of rotatable bonds is 8. The van der Waals surface area contributed by atoms with Gasteiger partial charge in [0.2, 0.25) is 5.91 Å². The number of amides is 1. The van der Waals surface area contributed by atoms with Crippen molar-refractivity contribution in [1.82, 2.24) is 0 Å². The van der Waals surface area contributed by atoms with Crippen LogP contribution in [0.5, 0.6) is 0 Å². The Bertz CT molecular complexity index is 1220. The van der Waals surface area contributed by atoms with Gasteiger partial charge >= 0.3 is 5.97 Å². The number of hydrogen-bond donors (Lipinski definition) is 1. The van der Waals surface area contributed by atoms with Crippen LogP contribution in [0.1, 0.15) is 17.3 Å². The molecule has 9 heteroatoms. The Kier molecular flexibility index (Phi) is 7.66. The van der Waals surface area contributed by atoms with Crippen molar-refractivity contribution >= 4 is 49.2 Å². The molecule has 0 bridgehead atoms. The second-order valence-electron chi connectivity index (χ2n) is 6.62. The Morgan fingerprint density at radius 3 is 2.34 bits per heavy atom. The van der Waals surface area contributed by atoms with Gasteiger partial charge in [0, 0.05) is 4.47 Å². The average Bonchev–Trinajstić information content (AvgIpc) is 2.78. The van der Waals surface area contributed by atoms with Crippen LogP contribution in [-0.4, -0.2) is 33.4 Å². The van der Waals surface area contributed by atoms with Crippen LogP contribution in [0.2, 0.25) is 0 Å². The Labute approximate surface area is 195 Å². The van der Waals surface area contributed by atoms with Crippen LogP contribution in [0.3, 0.4) is 0 Å². The average molecular weight is 517 g/mol. The van der Waals surface area contributed by atoms with Crippen LogP contribution < -0.4 is 9.62 Å². The maximum Gasteiger partial charge on any atom is 0.340 e. The molecule has 3 aromatic carbocycles. The first-order valence-electron chi connectivity index (χ1n) is 9.72. The highest BCUT2D eigenvalue weighted by Gasteiger charge is 2.27. The third kappa shape index (κ3) is 5.54. The summed E-state index contributed by atoms with van der Waals surface area (Å²) in [6.45, 7) is 1.38. The van der Waals surface area contributed by atoms with Crippen molar-refractivity contribution in [3.63, 3.8) is 0 Å². The van der Waals surface area contributed by atoms with Crippen LogP contribution in [0, 0.1) is 0 Å². The molecule has 0 aromatic heterocycles. The number of benzene rings is 3. The van der Waals surface area contributed by atoms with Gasteiger partial charge in [0.05, 0.1) is 28.4 Å². The van der Waals surface area contributed by atoms with Gasteiger partial charge in [-0.1, -0.05) is 52.3 Å². The molecule has 3 aromatic rings. The molecule has 166 valence electrons. The summed E-state index contributed by atoms with van der Waals surface area (Å²) in [6.07, 6.45) is 0. The molecule has 0 saturated carbocycles. The zero-order valence-electron chi connectivity index (χ0n) is 17.2. The quantitative estimate of drug-likeness (QED) is 0.446. The van der Waals surface area contributed by atoms with Gasteiger partial charge in [0.25, 0.3) is 10.0 Å². The van der Waals surface area contributed by atoms with E-state index in [9.17, 15) is 18.0 Å². The summed E-state index contributed by atoms with van der Waals surface area (Å²) < 4.78 is 33.4. The molecule has 0 heterocycles. The molecule has 0 spiro atoms. The third-order valence-electron chi connectivity index (χ3n) is 4.41. The van der Waals surface area contributed by atoms with E-state index in [2.05, 4.69) is 21.2 Å². The molecular weight excluding hydrogens is 496 g/mol. The minimum atomic E-state index is -4.03. The van der Waals surface area contributed by atoms with Crippen LogP contribution >= 0.6 is 15.9 Å². The lowest BCUT2D eigenvalue weighted by Crippen LogP contribution is -2.38. The van der Waals surface area contributed by atoms with Gasteiger partial charge in [-0.05, 0) is 49.4 Å². The minimum absolute atomic E-state index is 0.0553. The summed E-state index contributed by atoms with van der Waals surface area (Å²) in [7, 11) is -4.03. The molecule has 7 nitrogen and oxygen atoms in total. The summed E-state index contributed by atoms with van der Waals surface area (Å²) in [5, 5.41) is 2.63. The van der Waals surface area contributed by atoms with Crippen molar-refractivity contribution in [1.29, 1.82) is 0 Å². The number of carbonyl (C=O) groups excluding carboxylic acids is 2. The Balaban J connectivity index is 1.93. The monoisotopic (exact) mass is 516 g/mol. The molecule has 3 rings (SSSR count). The Morgan fingerprint density at radius 2 is 1.66 bits per heavy atom. The molecule has 1 amide bonds. The van der Waals surface area contributed by atoms with E-state index in [-0.39, 0.29) is 22.8 Å². The molecule has 1 N–H and O–H groups in total. The fraction of sp³-hybridized carbons (Fsp3) is 0.130. The number of hydrogen-bond acceptors (Lipinski definition) is 5. The summed E-state index contributed by atoms with van der Waals surface area (Å²) in [5.74, 6) is -1.19. The molecule has 0 unspecified atom stereocenters. The van der Waals surface area contributed by atoms with E-state index in [1.807, 2.05) is 0 Å². The van der Waals surface area contributed by atoms with Gasteiger partial charge in [-0.3, -0.25) is 9.10 Å². The number of halogens is 1. The lowest BCUT2D eigenvalue weighted by molar-refractivity contribution is -0.114. The fourth-order valence-corrected chi connectivity index (χ4v) is 4.79. The smallest absolute Gasteiger partial charge is 0.340 e. The lowest BCUT2D eigenvalue weighted by atomic mass is 10.2. The van der Waals surface area contributed by atoms with E-state index in [0.29, 0.717) is 10.2 Å². The lowest BCUT2D eigenvalue weighted by Gasteiger charge is -2.24. The Morgan fingerprint density at radius 1 is 0.969 bits per heavy atom. The molecule has 32 heavy (non-hydrogen) atoms.